The molecule has 0 aliphatic heterocycles. The van der Waals surface area contributed by atoms with Gasteiger partial charge in [-0.05, 0) is 36.1 Å². The summed E-state index contributed by atoms with van der Waals surface area (Å²) in [7, 11) is 0. The molecule has 0 radical (unpaired) electrons. The molecule has 0 bridgehead atoms. The maximum atomic E-state index is 12.2. The Balaban J connectivity index is 1.63. The summed E-state index contributed by atoms with van der Waals surface area (Å²) < 4.78 is 1.94. The number of carbonyl (C=O) groups excluding carboxylic acids is 2. The van der Waals surface area contributed by atoms with Gasteiger partial charge in [-0.1, -0.05) is 35.9 Å². The standard InChI is InChI=1S/C21H21N3O2S/c1-16-5-7-17(8-6-16)14-24-12-3-2-4-19(24)23-20(25)9-11-22-21(26)18-10-13-27-15-18/h2-8,10,12-13,15H,9,11,14H2,1H3,(H,22,26). The van der Waals surface area contributed by atoms with Crippen LogP contribution in [0.1, 0.15) is 27.9 Å². The highest BCUT2D eigenvalue weighted by atomic mass is 32.1. The first kappa shape index (κ1) is 18.8. The lowest BCUT2D eigenvalue weighted by atomic mass is 10.1. The number of aryl methyl sites for hydroxylation is 1. The molecule has 0 saturated carbocycles. The molecule has 0 unspecified atom stereocenters. The van der Waals surface area contributed by atoms with Crippen LogP contribution in [0.25, 0.3) is 0 Å². The van der Waals surface area contributed by atoms with Crippen LogP contribution in [-0.2, 0) is 11.3 Å². The number of thiophene rings is 1. The van der Waals surface area contributed by atoms with Gasteiger partial charge in [0.1, 0.15) is 5.49 Å². The molecule has 0 spiro atoms. The number of amides is 2. The summed E-state index contributed by atoms with van der Waals surface area (Å²) in [5.74, 6) is -0.428. The topological polar surface area (TPSA) is 63.5 Å². The first-order valence-corrected chi connectivity index (χ1v) is 9.65. The van der Waals surface area contributed by atoms with Gasteiger partial charge in [-0.3, -0.25) is 9.59 Å². The third-order valence-corrected chi connectivity index (χ3v) is 4.72. The first-order valence-electron chi connectivity index (χ1n) is 8.71. The van der Waals surface area contributed by atoms with Crippen LogP contribution in [0.15, 0.2) is 70.5 Å². The van der Waals surface area contributed by atoms with Crippen molar-refractivity contribution in [3.63, 3.8) is 0 Å². The zero-order chi connectivity index (χ0) is 19.1. The largest absolute Gasteiger partial charge is 0.351 e. The van der Waals surface area contributed by atoms with E-state index < -0.39 is 0 Å². The zero-order valence-electron chi connectivity index (χ0n) is 15.1. The lowest BCUT2D eigenvalue weighted by molar-refractivity contribution is -0.118. The minimum Gasteiger partial charge on any atom is -0.351 e. The van der Waals surface area contributed by atoms with E-state index in [9.17, 15) is 9.59 Å². The zero-order valence-corrected chi connectivity index (χ0v) is 15.9. The summed E-state index contributed by atoms with van der Waals surface area (Å²) in [5.41, 5.74) is 3.57. The second kappa shape index (κ2) is 9.09. The number of benzene rings is 1. The highest BCUT2D eigenvalue weighted by Gasteiger charge is 2.06. The molecule has 2 heterocycles. The molecule has 5 nitrogen and oxygen atoms in total. The molecule has 1 N–H and O–H groups in total. The van der Waals surface area contributed by atoms with Gasteiger partial charge >= 0.3 is 0 Å². The lowest BCUT2D eigenvalue weighted by Gasteiger charge is -2.08. The molecule has 0 fully saturated rings. The van der Waals surface area contributed by atoms with Gasteiger partial charge in [-0.25, -0.2) is 0 Å². The Labute approximate surface area is 162 Å². The quantitative estimate of drug-likeness (QED) is 0.715. The molecule has 0 saturated heterocycles. The monoisotopic (exact) mass is 379 g/mol. The molecule has 1 aromatic carbocycles. The van der Waals surface area contributed by atoms with Gasteiger partial charge in [0.2, 0.25) is 5.91 Å². The lowest BCUT2D eigenvalue weighted by Crippen LogP contribution is -2.26. The van der Waals surface area contributed by atoms with Crippen LogP contribution in [0, 0.1) is 6.92 Å². The first-order chi connectivity index (χ1) is 13.1. The molecule has 3 aromatic rings. The van der Waals surface area contributed by atoms with E-state index in [0.29, 0.717) is 17.6 Å². The fourth-order valence-corrected chi connectivity index (χ4v) is 3.19. The molecule has 0 aliphatic carbocycles. The molecular weight excluding hydrogens is 358 g/mol. The van der Waals surface area contributed by atoms with Crippen LogP contribution in [0.3, 0.4) is 0 Å². The molecule has 3 rings (SSSR count). The van der Waals surface area contributed by atoms with Gasteiger partial charge in [0.25, 0.3) is 5.91 Å². The predicted octanol–water partition coefficient (Wildman–Crippen LogP) is 3.15. The molecule has 0 atom stereocenters. The smallest absolute Gasteiger partial charge is 0.252 e. The van der Waals surface area contributed by atoms with E-state index in [0.717, 1.165) is 5.56 Å². The maximum Gasteiger partial charge on any atom is 0.252 e. The van der Waals surface area contributed by atoms with Gasteiger partial charge in [0.05, 0.1) is 0 Å². The molecule has 138 valence electrons. The summed E-state index contributed by atoms with van der Waals surface area (Å²) in [6.45, 7) is 2.96. The summed E-state index contributed by atoms with van der Waals surface area (Å²) in [6.07, 6.45) is 2.07. The Kier molecular flexibility index (Phi) is 6.33. The predicted molar refractivity (Wildman–Crippen MR) is 107 cm³/mol. The fraction of sp³-hybridized carbons (Fsp3) is 0.190. The van der Waals surface area contributed by atoms with Crippen LogP contribution in [0.4, 0.5) is 0 Å². The molecule has 6 heteroatoms. The van der Waals surface area contributed by atoms with E-state index in [1.165, 1.54) is 16.9 Å². The minimum absolute atomic E-state index is 0.162. The molecule has 2 amide bonds. The average molecular weight is 379 g/mol. The number of aromatic nitrogens is 1. The number of hydrogen-bond acceptors (Lipinski definition) is 3. The van der Waals surface area contributed by atoms with Crippen LogP contribution in [0.2, 0.25) is 0 Å². The van der Waals surface area contributed by atoms with E-state index in [-0.39, 0.29) is 24.8 Å². The Morgan fingerprint density at radius 3 is 2.67 bits per heavy atom. The van der Waals surface area contributed by atoms with Crippen LogP contribution in [-0.4, -0.2) is 22.9 Å². The number of hydrogen-bond donors (Lipinski definition) is 1. The molecule has 0 aliphatic rings. The van der Waals surface area contributed by atoms with Gasteiger partial charge < -0.3 is 9.88 Å². The highest BCUT2D eigenvalue weighted by molar-refractivity contribution is 7.08. The van der Waals surface area contributed by atoms with Crippen molar-refractivity contribution in [1.82, 2.24) is 9.88 Å². The number of pyridine rings is 1. The summed E-state index contributed by atoms with van der Waals surface area (Å²) >= 11 is 1.46. The van der Waals surface area contributed by atoms with Gasteiger partial charge in [0, 0.05) is 36.7 Å². The number of rotatable bonds is 6. The Morgan fingerprint density at radius 1 is 1.11 bits per heavy atom. The van der Waals surface area contributed by atoms with Crippen molar-refractivity contribution in [1.29, 1.82) is 0 Å². The second-order valence-electron chi connectivity index (χ2n) is 6.20. The highest BCUT2D eigenvalue weighted by Crippen LogP contribution is 2.05. The van der Waals surface area contributed by atoms with E-state index in [1.807, 2.05) is 34.3 Å². The number of carbonyl (C=O) groups is 2. The van der Waals surface area contributed by atoms with Crippen molar-refractivity contribution < 1.29 is 9.59 Å². The van der Waals surface area contributed by atoms with E-state index >= 15 is 0 Å². The normalized spacial score (nSPS) is 11.4. The average Bonchev–Trinajstić information content (AvgIpc) is 3.20. The molecule has 27 heavy (non-hydrogen) atoms. The summed E-state index contributed by atoms with van der Waals surface area (Å²) in [5, 5.41) is 6.36. The van der Waals surface area contributed by atoms with Crippen LogP contribution >= 0.6 is 11.3 Å². The van der Waals surface area contributed by atoms with Gasteiger partial charge in [-0.2, -0.15) is 16.3 Å². The van der Waals surface area contributed by atoms with E-state index in [1.54, 1.807) is 11.4 Å². The third-order valence-electron chi connectivity index (χ3n) is 4.04. The maximum absolute atomic E-state index is 12.2. The Hall–Kier alpha value is -2.99. The second-order valence-corrected chi connectivity index (χ2v) is 6.98. The van der Waals surface area contributed by atoms with Gasteiger partial charge in [0.15, 0.2) is 0 Å². The number of nitrogens with one attached hydrogen (secondary N) is 1. The van der Waals surface area contributed by atoms with E-state index in [4.69, 9.17) is 0 Å². The summed E-state index contributed by atoms with van der Waals surface area (Å²) in [6, 6.07) is 15.6. The Morgan fingerprint density at radius 2 is 1.93 bits per heavy atom. The van der Waals surface area contributed by atoms with Gasteiger partial charge in [-0.15, -0.1) is 0 Å². The van der Waals surface area contributed by atoms with Crippen molar-refractivity contribution >= 4 is 23.2 Å². The van der Waals surface area contributed by atoms with Crippen LogP contribution < -0.4 is 10.8 Å². The van der Waals surface area contributed by atoms with Crippen molar-refractivity contribution in [3.05, 3.63) is 87.7 Å². The fourth-order valence-electron chi connectivity index (χ4n) is 2.56. The van der Waals surface area contributed by atoms with E-state index in [2.05, 4.69) is 41.5 Å². The molecule has 2 aromatic heterocycles. The van der Waals surface area contributed by atoms with Crippen LogP contribution in [0.5, 0.6) is 0 Å². The van der Waals surface area contributed by atoms with Crippen molar-refractivity contribution in [2.45, 2.75) is 19.9 Å². The minimum atomic E-state index is -0.260. The molecular formula is C21H21N3O2S. The number of nitrogens with zero attached hydrogens (tertiary/aromatic N) is 2. The van der Waals surface area contributed by atoms with Crippen molar-refractivity contribution in [2.24, 2.45) is 4.99 Å². The van der Waals surface area contributed by atoms with Crippen molar-refractivity contribution in [2.75, 3.05) is 6.54 Å². The Bertz CT molecular complexity index is 973. The van der Waals surface area contributed by atoms with Crippen molar-refractivity contribution in [3.8, 4) is 0 Å². The summed E-state index contributed by atoms with van der Waals surface area (Å²) in [4.78, 5) is 28.3. The third kappa shape index (κ3) is 5.49. The SMILES string of the molecule is Cc1ccc(Cn2ccccc2=NC(=O)CCNC(=O)c2ccsc2)cc1.